The van der Waals surface area contributed by atoms with Gasteiger partial charge in [0.2, 0.25) is 0 Å². The van der Waals surface area contributed by atoms with Gasteiger partial charge in [-0.2, -0.15) is 11.8 Å². The number of thioether (sulfide) groups is 1. The van der Waals surface area contributed by atoms with Crippen LogP contribution in [0.5, 0.6) is 0 Å². The maximum Gasteiger partial charge on any atom is 0.384 e. The molecule has 72 valence electrons. The Morgan fingerprint density at radius 1 is 1.54 bits per heavy atom. The average molecular weight is 198 g/mol. The molecule has 1 fully saturated rings. The molecule has 0 amide bonds. The standard InChI is InChI=1S/C10H14O2S/c1-12-10(11)4-2-3-9-5-7-13-8-6-9/h9H,3,5-8H2,1H3. The van der Waals surface area contributed by atoms with Crippen molar-refractivity contribution in [2.45, 2.75) is 19.3 Å². The van der Waals surface area contributed by atoms with Crippen molar-refractivity contribution in [2.75, 3.05) is 18.6 Å². The second kappa shape index (κ2) is 5.93. The van der Waals surface area contributed by atoms with E-state index in [9.17, 15) is 4.79 Å². The molecule has 0 aliphatic carbocycles. The van der Waals surface area contributed by atoms with Crippen LogP contribution in [0.4, 0.5) is 0 Å². The minimum absolute atomic E-state index is 0.426. The number of ether oxygens (including phenoxy) is 1. The van der Waals surface area contributed by atoms with Crippen LogP contribution in [0.25, 0.3) is 0 Å². The van der Waals surface area contributed by atoms with E-state index in [1.165, 1.54) is 31.5 Å². The van der Waals surface area contributed by atoms with Gasteiger partial charge in [-0.15, -0.1) is 0 Å². The van der Waals surface area contributed by atoms with Crippen molar-refractivity contribution in [1.82, 2.24) is 0 Å². The highest BCUT2D eigenvalue weighted by Crippen LogP contribution is 2.24. The Morgan fingerprint density at radius 3 is 2.85 bits per heavy atom. The quantitative estimate of drug-likeness (QED) is 0.364. The molecule has 0 spiro atoms. The molecular formula is C10H14O2S. The van der Waals surface area contributed by atoms with Gasteiger partial charge in [-0.25, -0.2) is 4.79 Å². The molecule has 0 radical (unpaired) electrons. The summed E-state index contributed by atoms with van der Waals surface area (Å²) in [6.07, 6.45) is 3.32. The summed E-state index contributed by atoms with van der Waals surface area (Å²) in [5.74, 6) is 8.08. The largest absolute Gasteiger partial charge is 0.459 e. The molecule has 0 aromatic carbocycles. The minimum atomic E-state index is -0.426. The van der Waals surface area contributed by atoms with Crippen LogP contribution >= 0.6 is 11.8 Å². The number of hydrogen-bond acceptors (Lipinski definition) is 3. The fraction of sp³-hybridized carbons (Fsp3) is 0.700. The number of esters is 1. The summed E-state index contributed by atoms with van der Waals surface area (Å²) in [5.41, 5.74) is 0. The average Bonchev–Trinajstić information content (AvgIpc) is 2.19. The highest BCUT2D eigenvalue weighted by Gasteiger charge is 2.11. The predicted molar refractivity (Wildman–Crippen MR) is 54.5 cm³/mol. The maximum absolute atomic E-state index is 10.7. The molecule has 1 aliphatic heterocycles. The summed E-state index contributed by atoms with van der Waals surface area (Å²) in [7, 11) is 1.36. The van der Waals surface area contributed by atoms with Crippen LogP contribution in [-0.4, -0.2) is 24.6 Å². The monoisotopic (exact) mass is 198 g/mol. The second-order valence-electron chi connectivity index (χ2n) is 3.05. The molecule has 1 rings (SSSR count). The lowest BCUT2D eigenvalue weighted by atomic mass is 9.99. The Hall–Kier alpha value is -0.620. The van der Waals surface area contributed by atoms with Gasteiger partial charge in [0.15, 0.2) is 0 Å². The first-order valence-electron chi connectivity index (χ1n) is 4.47. The number of carbonyl (C=O) groups excluding carboxylic acids is 1. The molecule has 2 nitrogen and oxygen atoms in total. The van der Waals surface area contributed by atoms with Crippen LogP contribution in [-0.2, 0) is 9.53 Å². The SMILES string of the molecule is COC(=O)C#CCC1CCSCC1. The third-order valence-electron chi connectivity index (χ3n) is 2.11. The Balaban J connectivity index is 2.22. The third kappa shape index (κ3) is 4.23. The van der Waals surface area contributed by atoms with Gasteiger partial charge >= 0.3 is 5.97 Å². The van der Waals surface area contributed by atoms with Crippen LogP contribution < -0.4 is 0 Å². The smallest absolute Gasteiger partial charge is 0.384 e. The van der Waals surface area contributed by atoms with Gasteiger partial charge in [0.25, 0.3) is 0 Å². The van der Waals surface area contributed by atoms with Gasteiger partial charge in [-0.1, -0.05) is 5.92 Å². The summed E-state index contributed by atoms with van der Waals surface area (Å²) in [6.45, 7) is 0. The maximum atomic E-state index is 10.7. The van der Waals surface area contributed by atoms with Crippen molar-refractivity contribution in [3.05, 3.63) is 0 Å². The minimum Gasteiger partial charge on any atom is -0.459 e. The van der Waals surface area contributed by atoms with Crippen molar-refractivity contribution in [3.63, 3.8) is 0 Å². The van der Waals surface area contributed by atoms with Crippen molar-refractivity contribution < 1.29 is 9.53 Å². The second-order valence-corrected chi connectivity index (χ2v) is 4.28. The molecule has 1 heterocycles. The topological polar surface area (TPSA) is 26.3 Å². The van der Waals surface area contributed by atoms with Crippen molar-refractivity contribution in [2.24, 2.45) is 5.92 Å². The van der Waals surface area contributed by atoms with E-state index in [1.807, 2.05) is 11.8 Å². The van der Waals surface area contributed by atoms with Crippen LogP contribution in [0, 0.1) is 17.8 Å². The van der Waals surface area contributed by atoms with Gasteiger partial charge in [0.1, 0.15) is 0 Å². The Bertz CT molecular complexity index is 221. The van der Waals surface area contributed by atoms with E-state index in [4.69, 9.17) is 0 Å². The zero-order valence-electron chi connectivity index (χ0n) is 7.84. The molecule has 3 heteroatoms. The van der Waals surface area contributed by atoms with Gasteiger partial charge < -0.3 is 4.74 Å². The summed E-state index contributed by atoms with van der Waals surface area (Å²) >= 11 is 2.00. The lowest BCUT2D eigenvalue weighted by Crippen LogP contribution is -2.08. The molecule has 0 saturated carbocycles. The number of methoxy groups -OCH3 is 1. The van der Waals surface area contributed by atoms with Gasteiger partial charge in [0, 0.05) is 12.3 Å². The Kier molecular flexibility index (Phi) is 4.77. The Morgan fingerprint density at radius 2 is 2.23 bits per heavy atom. The summed E-state index contributed by atoms with van der Waals surface area (Å²) in [4.78, 5) is 10.7. The number of hydrogen-bond donors (Lipinski definition) is 0. The zero-order chi connectivity index (χ0) is 9.52. The van der Waals surface area contributed by atoms with Crippen molar-refractivity contribution >= 4 is 17.7 Å². The molecule has 1 saturated heterocycles. The van der Waals surface area contributed by atoms with Crippen LogP contribution in [0.1, 0.15) is 19.3 Å². The molecule has 13 heavy (non-hydrogen) atoms. The molecule has 0 aromatic heterocycles. The predicted octanol–water partition coefficient (Wildman–Crippen LogP) is 1.70. The molecule has 0 atom stereocenters. The first-order chi connectivity index (χ1) is 6.33. The van der Waals surface area contributed by atoms with E-state index in [2.05, 4.69) is 16.6 Å². The van der Waals surface area contributed by atoms with E-state index in [0.29, 0.717) is 5.92 Å². The number of carbonyl (C=O) groups is 1. The normalized spacial score (nSPS) is 17.3. The highest BCUT2D eigenvalue weighted by atomic mass is 32.2. The highest BCUT2D eigenvalue weighted by molar-refractivity contribution is 7.99. The molecule has 0 bridgehead atoms. The summed E-state index contributed by atoms with van der Waals surface area (Å²) < 4.78 is 4.42. The van der Waals surface area contributed by atoms with Crippen LogP contribution in [0.3, 0.4) is 0 Å². The van der Waals surface area contributed by atoms with E-state index < -0.39 is 5.97 Å². The number of rotatable bonds is 1. The first-order valence-corrected chi connectivity index (χ1v) is 5.63. The van der Waals surface area contributed by atoms with Crippen LogP contribution in [0.2, 0.25) is 0 Å². The van der Waals surface area contributed by atoms with E-state index in [1.54, 1.807) is 0 Å². The zero-order valence-corrected chi connectivity index (χ0v) is 8.65. The third-order valence-corrected chi connectivity index (χ3v) is 3.16. The van der Waals surface area contributed by atoms with Crippen molar-refractivity contribution in [3.8, 4) is 11.8 Å². The van der Waals surface area contributed by atoms with Gasteiger partial charge in [-0.05, 0) is 30.3 Å². The van der Waals surface area contributed by atoms with E-state index in [0.717, 1.165) is 6.42 Å². The molecular weight excluding hydrogens is 184 g/mol. The molecule has 1 aliphatic rings. The summed E-state index contributed by atoms with van der Waals surface area (Å²) in [5, 5.41) is 0. The molecule has 0 aromatic rings. The lowest BCUT2D eigenvalue weighted by molar-refractivity contribution is -0.133. The Labute approximate surface area is 83.4 Å². The van der Waals surface area contributed by atoms with Crippen molar-refractivity contribution in [1.29, 1.82) is 0 Å². The van der Waals surface area contributed by atoms with Crippen LogP contribution in [0.15, 0.2) is 0 Å². The summed E-state index contributed by atoms with van der Waals surface area (Å²) in [6, 6.07) is 0. The first kappa shape index (κ1) is 10.5. The van der Waals surface area contributed by atoms with E-state index >= 15 is 0 Å². The molecule has 0 unspecified atom stereocenters. The van der Waals surface area contributed by atoms with Gasteiger partial charge in [-0.3, -0.25) is 0 Å². The molecule has 0 N–H and O–H groups in total. The fourth-order valence-corrected chi connectivity index (χ4v) is 2.47. The lowest BCUT2D eigenvalue weighted by Gasteiger charge is -2.18. The fourth-order valence-electron chi connectivity index (χ4n) is 1.27. The van der Waals surface area contributed by atoms with E-state index in [-0.39, 0.29) is 0 Å². The van der Waals surface area contributed by atoms with Gasteiger partial charge in [0.05, 0.1) is 7.11 Å².